The molecule has 0 bridgehead atoms. The summed E-state index contributed by atoms with van der Waals surface area (Å²) in [5, 5.41) is 9.59. The van der Waals surface area contributed by atoms with Crippen LogP contribution < -0.4 is 5.73 Å². The third-order valence-electron chi connectivity index (χ3n) is 3.90. The molecule has 0 radical (unpaired) electrons. The average Bonchev–Trinajstić information content (AvgIpc) is 2.37. The standard InChI is InChI=1S/C14H16F3NO3/c1-8-7-13(12(19)20,5-6-21-8)9-3-2-4-10(11(9)18)14(15,16)17/h2-4,8H,5-7,18H2,1H3,(H,19,20). The molecule has 1 heterocycles. The molecule has 1 aromatic rings. The zero-order valence-electron chi connectivity index (χ0n) is 11.4. The van der Waals surface area contributed by atoms with Crippen molar-refractivity contribution in [2.24, 2.45) is 0 Å². The summed E-state index contributed by atoms with van der Waals surface area (Å²) in [6.45, 7) is 1.86. The van der Waals surface area contributed by atoms with Crippen LogP contribution in [0.4, 0.5) is 18.9 Å². The third kappa shape index (κ3) is 2.70. The lowest BCUT2D eigenvalue weighted by Gasteiger charge is -2.37. The molecular weight excluding hydrogens is 287 g/mol. The molecule has 4 nitrogen and oxygen atoms in total. The second-order valence-electron chi connectivity index (χ2n) is 5.29. The SMILES string of the molecule is CC1CC(C(=O)O)(c2cccc(C(F)(F)F)c2N)CCO1. The first-order valence-corrected chi connectivity index (χ1v) is 6.49. The number of carboxylic acids is 1. The van der Waals surface area contributed by atoms with E-state index in [0.29, 0.717) is 0 Å². The maximum Gasteiger partial charge on any atom is 0.418 e. The van der Waals surface area contributed by atoms with E-state index in [4.69, 9.17) is 10.5 Å². The first-order valence-electron chi connectivity index (χ1n) is 6.49. The summed E-state index contributed by atoms with van der Waals surface area (Å²) in [6.07, 6.45) is -4.79. The molecule has 21 heavy (non-hydrogen) atoms. The Balaban J connectivity index is 2.60. The minimum atomic E-state index is -4.61. The van der Waals surface area contributed by atoms with E-state index >= 15 is 0 Å². The van der Waals surface area contributed by atoms with E-state index in [1.807, 2.05) is 0 Å². The smallest absolute Gasteiger partial charge is 0.418 e. The lowest BCUT2D eigenvalue weighted by Crippen LogP contribution is -2.44. The molecule has 116 valence electrons. The number of rotatable bonds is 2. The van der Waals surface area contributed by atoms with E-state index in [-0.39, 0.29) is 31.1 Å². The van der Waals surface area contributed by atoms with Crippen LogP contribution in [-0.2, 0) is 21.1 Å². The first-order chi connectivity index (χ1) is 9.68. The normalized spacial score (nSPS) is 26.6. The van der Waals surface area contributed by atoms with Crippen molar-refractivity contribution >= 4 is 11.7 Å². The fraction of sp³-hybridized carbons (Fsp3) is 0.500. The van der Waals surface area contributed by atoms with Gasteiger partial charge in [0.05, 0.1) is 17.1 Å². The van der Waals surface area contributed by atoms with Gasteiger partial charge in [0.25, 0.3) is 0 Å². The largest absolute Gasteiger partial charge is 0.481 e. The van der Waals surface area contributed by atoms with Crippen LogP contribution in [0.3, 0.4) is 0 Å². The van der Waals surface area contributed by atoms with Crippen LogP contribution in [0.25, 0.3) is 0 Å². The third-order valence-corrected chi connectivity index (χ3v) is 3.90. The van der Waals surface area contributed by atoms with Gasteiger partial charge in [0, 0.05) is 12.3 Å². The Morgan fingerprint density at radius 2 is 2.14 bits per heavy atom. The second-order valence-corrected chi connectivity index (χ2v) is 5.29. The Labute approximate surface area is 119 Å². The number of anilines is 1. The number of carboxylic acid groups (broad SMARTS) is 1. The highest BCUT2D eigenvalue weighted by molar-refractivity contribution is 5.84. The van der Waals surface area contributed by atoms with Crippen molar-refractivity contribution in [3.63, 3.8) is 0 Å². The van der Waals surface area contributed by atoms with Crippen molar-refractivity contribution in [2.45, 2.75) is 37.5 Å². The summed E-state index contributed by atoms with van der Waals surface area (Å²) in [4.78, 5) is 11.7. The van der Waals surface area contributed by atoms with E-state index in [9.17, 15) is 23.1 Å². The zero-order chi connectivity index (χ0) is 15.8. The van der Waals surface area contributed by atoms with E-state index in [1.165, 1.54) is 12.1 Å². The van der Waals surface area contributed by atoms with Crippen LogP contribution in [0.2, 0.25) is 0 Å². The highest BCUT2D eigenvalue weighted by Gasteiger charge is 2.47. The van der Waals surface area contributed by atoms with Gasteiger partial charge in [0.15, 0.2) is 0 Å². The molecular formula is C14H16F3NO3. The highest BCUT2D eigenvalue weighted by Crippen LogP contribution is 2.44. The summed E-state index contributed by atoms with van der Waals surface area (Å²) >= 11 is 0. The number of para-hydroxylation sites is 1. The molecule has 1 fully saturated rings. The van der Waals surface area contributed by atoms with Gasteiger partial charge in [-0.3, -0.25) is 4.79 Å². The Hall–Kier alpha value is -1.76. The summed E-state index contributed by atoms with van der Waals surface area (Å²) in [5.74, 6) is -1.18. The highest BCUT2D eigenvalue weighted by atomic mass is 19.4. The van der Waals surface area contributed by atoms with Crippen LogP contribution in [0.5, 0.6) is 0 Å². The summed E-state index contributed by atoms with van der Waals surface area (Å²) in [5.41, 5.74) is 2.70. The number of nitrogen functional groups attached to an aromatic ring is 1. The number of halogens is 3. The molecule has 2 atom stereocenters. The molecule has 7 heteroatoms. The van der Waals surface area contributed by atoms with Crippen LogP contribution in [0.15, 0.2) is 18.2 Å². The van der Waals surface area contributed by atoms with E-state index in [2.05, 4.69) is 0 Å². The average molecular weight is 303 g/mol. The Kier molecular flexibility index (Phi) is 3.88. The minimum Gasteiger partial charge on any atom is -0.481 e. The lowest BCUT2D eigenvalue weighted by atomic mass is 9.71. The molecule has 3 N–H and O–H groups in total. The fourth-order valence-corrected chi connectivity index (χ4v) is 2.87. The number of hydrogen-bond acceptors (Lipinski definition) is 3. The van der Waals surface area contributed by atoms with E-state index in [0.717, 1.165) is 6.07 Å². The van der Waals surface area contributed by atoms with Gasteiger partial charge in [-0.15, -0.1) is 0 Å². The number of alkyl halides is 3. The monoisotopic (exact) mass is 303 g/mol. The van der Waals surface area contributed by atoms with Gasteiger partial charge in [0.2, 0.25) is 0 Å². The van der Waals surface area contributed by atoms with Crippen LogP contribution >= 0.6 is 0 Å². The van der Waals surface area contributed by atoms with Crippen molar-refractivity contribution in [3.05, 3.63) is 29.3 Å². The molecule has 2 rings (SSSR count). The summed E-state index contributed by atoms with van der Waals surface area (Å²) < 4.78 is 44.2. The van der Waals surface area contributed by atoms with Crippen LogP contribution in [0, 0.1) is 0 Å². The Morgan fingerprint density at radius 3 is 2.67 bits per heavy atom. The van der Waals surface area contributed by atoms with Gasteiger partial charge < -0.3 is 15.6 Å². The molecule has 0 spiro atoms. The quantitative estimate of drug-likeness (QED) is 0.824. The Morgan fingerprint density at radius 1 is 1.48 bits per heavy atom. The van der Waals surface area contributed by atoms with Crippen molar-refractivity contribution < 1.29 is 27.8 Å². The topological polar surface area (TPSA) is 72.5 Å². The van der Waals surface area contributed by atoms with E-state index < -0.39 is 28.8 Å². The zero-order valence-corrected chi connectivity index (χ0v) is 11.4. The molecule has 1 saturated heterocycles. The molecule has 0 saturated carbocycles. The molecule has 1 aromatic carbocycles. The van der Waals surface area contributed by atoms with Crippen LogP contribution in [-0.4, -0.2) is 23.8 Å². The summed E-state index contributed by atoms with van der Waals surface area (Å²) in [6, 6.07) is 3.41. The molecule has 0 aliphatic carbocycles. The first kappa shape index (κ1) is 15.6. The van der Waals surface area contributed by atoms with Gasteiger partial charge in [-0.2, -0.15) is 13.2 Å². The Bertz CT molecular complexity index is 559. The van der Waals surface area contributed by atoms with Crippen molar-refractivity contribution in [3.8, 4) is 0 Å². The molecule has 2 unspecified atom stereocenters. The number of nitrogens with two attached hydrogens (primary N) is 1. The van der Waals surface area contributed by atoms with Gasteiger partial charge in [0.1, 0.15) is 0 Å². The molecule has 0 amide bonds. The predicted molar refractivity (Wildman–Crippen MR) is 69.8 cm³/mol. The maximum atomic E-state index is 12.9. The predicted octanol–water partition coefficient (Wildman–Crippen LogP) is 2.81. The number of carbonyl (C=O) groups is 1. The van der Waals surface area contributed by atoms with Gasteiger partial charge in [-0.05, 0) is 31.4 Å². The van der Waals surface area contributed by atoms with Crippen LogP contribution in [0.1, 0.15) is 30.9 Å². The van der Waals surface area contributed by atoms with Crippen molar-refractivity contribution in [1.82, 2.24) is 0 Å². The minimum absolute atomic E-state index is 0.0139. The molecule has 0 aromatic heterocycles. The van der Waals surface area contributed by atoms with E-state index in [1.54, 1.807) is 6.92 Å². The number of hydrogen-bond donors (Lipinski definition) is 2. The van der Waals surface area contributed by atoms with Crippen molar-refractivity contribution in [2.75, 3.05) is 12.3 Å². The molecule has 1 aliphatic rings. The second kappa shape index (κ2) is 5.22. The molecule has 1 aliphatic heterocycles. The fourth-order valence-electron chi connectivity index (χ4n) is 2.87. The van der Waals surface area contributed by atoms with Gasteiger partial charge in [-0.1, -0.05) is 12.1 Å². The lowest BCUT2D eigenvalue weighted by molar-refractivity contribution is -0.150. The number of aliphatic carboxylic acids is 1. The van der Waals surface area contributed by atoms with Gasteiger partial charge in [-0.25, -0.2) is 0 Å². The van der Waals surface area contributed by atoms with Gasteiger partial charge >= 0.3 is 12.1 Å². The number of ether oxygens (including phenoxy) is 1. The number of benzene rings is 1. The summed E-state index contributed by atoms with van der Waals surface area (Å²) in [7, 11) is 0. The van der Waals surface area contributed by atoms with Crippen molar-refractivity contribution in [1.29, 1.82) is 0 Å². The maximum absolute atomic E-state index is 12.9.